The predicted molar refractivity (Wildman–Crippen MR) is 221 cm³/mol. The van der Waals surface area contributed by atoms with Crippen LogP contribution >= 0.6 is 0 Å². The highest BCUT2D eigenvalue weighted by atomic mass is 16.5. The summed E-state index contributed by atoms with van der Waals surface area (Å²) in [5, 5.41) is 20.1. The summed E-state index contributed by atoms with van der Waals surface area (Å²) < 4.78 is 14.6. The summed E-state index contributed by atoms with van der Waals surface area (Å²) in [4.78, 5) is 2.00. The van der Waals surface area contributed by atoms with Crippen molar-refractivity contribution in [3.63, 3.8) is 0 Å². The van der Waals surface area contributed by atoms with Gasteiger partial charge in [0.15, 0.2) is 0 Å². The molecule has 0 spiro atoms. The van der Waals surface area contributed by atoms with E-state index in [1.54, 1.807) is 0 Å². The second-order valence-corrected chi connectivity index (χ2v) is 13.6. The Morgan fingerprint density at radius 2 is 0.618 bits per heavy atom. The van der Waals surface area contributed by atoms with E-state index in [0.717, 1.165) is 50.2 Å². The molecule has 0 aliphatic heterocycles. The smallest absolute Gasteiger partial charge is 0.144 e. The van der Waals surface area contributed by atoms with Crippen molar-refractivity contribution in [2.75, 3.05) is 31.2 Å². The standard InChI is InChI=1S/C50H47NO4/c52-33-31-51(32-34-53)48-36-40(38-54-49(42-19-7-1-8-20-42,43-21-9-2-10-22-43)44-23-11-3-12-24-44)35-41(37-48)39-55-50(45-25-13-4-14-26-45,46-27-15-5-16-28-46)47-29-17-6-18-30-47/h1-30,35-37,52-53H,31-34,38-39H2. The molecule has 7 aromatic carbocycles. The van der Waals surface area contributed by atoms with E-state index in [1.165, 1.54) is 0 Å². The predicted octanol–water partition coefficient (Wildman–Crippen LogP) is 9.50. The molecular formula is C50H47NO4. The molecule has 5 nitrogen and oxygen atoms in total. The summed E-state index contributed by atoms with van der Waals surface area (Å²) in [7, 11) is 0. The molecule has 0 unspecified atom stereocenters. The van der Waals surface area contributed by atoms with Crippen molar-refractivity contribution in [2.45, 2.75) is 24.4 Å². The molecule has 0 aliphatic rings. The molecular weight excluding hydrogens is 679 g/mol. The van der Waals surface area contributed by atoms with Crippen LogP contribution in [0.25, 0.3) is 0 Å². The minimum atomic E-state index is -0.907. The van der Waals surface area contributed by atoms with E-state index in [2.05, 4.69) is 164 Å². The molecule has 0 saturated carbocycles. The summed E-state index contributed by atoms with van der Waals surface area (Å²) in [5.74, 6) is 0. The number of hydrogen-bond donors (Lipinski definition) is 2. The molecule has 0 aliphatic carbocycles. The van der Waals surface area contributed by atoms with Gasteiger partial charge in [0.05, 0.1) is 26.4 Å². The zero-order chi connectivity index (χ0) is 37.8. The molecule has 0 heterocycles. The van der Waals surface area contributed by atoms with E-state index in [0.29, 0.717) is 13.1 Å². The van der Waals surface area contributed by atoms with Crippen LogP contribution in [0.15, 0.2) is 200 Å². The number of anilines is 1. The molecule has 0 fully saturated rings. The second-order valence-electron chi connectivity index (χ2n) is 13.6. The summed E-state index contributed by atoms with van der Waals surface area (Å²) in [6.45, 7) is 1.18. The van der Waals surface area contributed by atoms with E-state index >= 15 is 0 Å². The average Bonchev–Trinajstić information content (AvgIpc) is 3.26. The first-order chi connectivity index (χ1) is 27.2. The summed E-state index contributed by atoms with van der Waals surface area (Å²) in [6, 6.07) is 68.6. The van der Waals surface area contributed by atoms with Gasteiger partial charge < -0.3 is 24.6 Å². The van der Waals surface area contributed by atoms with Gasteiger partial charge in [-0.25, -0.2) is 0 Å². The molecule has 0 amide bonds. The van der Waals surface area contributed by atoms with Gasteiger partial charge in [-0.3, -0.25) is 0 Å². The van der Waals surface area contributed by atoms with E-state index < -0.39 is 11.2 Å². The second kappa shape index (κ2) is 18.0. The zero-order valence-electron chi connectivity index (χ0n) is 31.0. The lowest BCUT2D eigenvalue weighted by Crippen LogP contribution is -2.33. The van der Waals surface area contributed by atoms with Crippen LogP contribution in [-0.2, 0) is 33.9 Å². The number of ether oxygens (including phenoxy) is 2. The minimum absolute atomic E-state index is 0.0508. The van der Waals surface area contributed by atoms with Crippen molar-refractivity contribution in [1.82, 2.24) is 0 Å². The van der Waals surface area contributed by atoms with Crippen molar-refractivity contribution in [3.8, 4) is 0 Å². The molecule has 2 N–H and O–H groups in total. The summed E-state index contributed by atoms with van der Waals surface area (Å²) in [6.07, 6.45) is 0. The van der Waals surface area contributed by atoms with Gasteiger partial charge in [0, 0.05) is 18.8 Å². The van der Waals surface area contributed by atoms with Crippen LogP contribution in [0.4, 0.5) is 5.69 Å². The van der Waals surface area contributed by atoms with Gasteiger partial charge in [0.2, 0.25) is 0 Å². The number of hydrogen-bond acceptors (Lipinski definition) is 5. The van der Waals surface area contributed by atoms with Crippen LogP contribution < -0.4 is 4.90 Å². The maximum atomic E-state index is 10.1. The van der Waals surface area contributed by atoms with Gasteiger partial charge in [-0.05, 0) is 56.6 Å². The van der Waals surface area contributed by atoms with E-state index in [9.17, 15) is 10.2 Å². The third-order valence-corrected chi connectivity index (χ3v) is 10.1. The lowest BCUT2D eigenvalue weighted by atomic mass is 9.80. The number of benzene rings is 7. The van der Waals surface area contributed by atoms with E-state index in [-0.39, 0.29) is 26.4 Å². The number of aliphatic hydroxyl groups is 2. The molecule has 5 heteroatoms. The van der Waals surface area contributed by atoms with Crippen LogP contribution in [0.1, 0.15) is 44.5 Å². The Bertz CT molecular complexity index is 1830. The van der Waals surface area contributed by atoms with Crippen molar-refractivity contribution in [1.29, 1.82) is 0 Å². The Morgan fingerprint density at radius 3 is 0.855 bits per heavy atom. The molecule has 0 bridgehead atoms. The molecule has 7 aromatic rings. The monoisotopic (exact) mass is 725 g/mol. The summed E-state index contributed by atoms with van der Waals surface area (Å²) in [5.41, 5.74) is 7.06. The van der Waals surface area contributed by atoms with Crippen LogP contribution in [0.5, 0.6) is 0 Å². The maximum absolute atomic E-state index is 10.1. The topological polar surface area (TPSA) is 62.2 Å². The highest BCUT2D eigenvalue weighted by Crippen LogP contribution is 2.43. The SMILES string of the molecule is OCCN(CCO)c1cc(COC(c2ccccc2)(c2ccccc2)c2ccccc2)cc(COC(c2ccccc2)(c2ccccc2)c2ccccc2)c1. The quantitative estimate of drug-likeness (QED) is 0.0917. The number of rotatable bonds is 17. The Hall–Kier alpha value is -5.82. The van der Waals surface area contributed by atoms with Gasteiger partial charge in [-0.2, -0.15) is 0 Å². The third-order valence-electron chi connectivity index (χ3n) is 10.1. The molecule has 0 radical (unpaired) electrons. The van der Waals surface area contributed by atoms with Gasteiger partial charge in [-0.1, -0.05) is 188 Å². The first-order valence-corrected chi connectivity index (χ1v) is 18.9. The van der Waals surface area contributed by atoms with Crippen molar-refractivity contribution >= 4 is 5.69 Å². The molecule has 7 rings (SSSR count). The van der Waals surface area contributed by atoms with E-state index in [4.69, 9.17) is 9.47 Å². The fourth-order valence-corrected chi connectivity index (χ4v) is 7.62. The first-order valence-electron chi connectivity index (χ1n) is 18.9. The first kappa shape index (κ1) is 37.5. The Kier molecular flexibility index (Phi) is 12.3. The Labute approximate surface area is 324 Å². The van der Waals surface area contributed by atoms with Gasteiger partial charge in [0.25, 0.3) is 0 Å². The summed E-state index contributed by atoms with van der Waals surface area (Å²) >= 11 is 0. The van der Waals surface area contributed by atoms with Gasteiger partial charge in [0.1, 0.15) is 11.2 Å². The van der Waals surface area contributed by atoms with Crippen molar-refractivity contribution in [3.05, 3.63) is 245 Å². The van der Waals surface area contributed by atoms with Crippen LogP contribution in [0, 0.1) is 0 Å². The van der Waals surface area contributed by atoms with Crippen molar-refractivity contribution in [2.24, 2.45) is 0 Å². The van der Waals surface area contributed by atoms with Crippen LogP contribution in [0.3, 0.4) is 0 Å². The molecule has 276 valence electrons. The largest absolute Gasteiger partial charge is 0.395 e. The Balaban J connectivity index is 1.33. The lowest BCUT2D eigenvalue weighted by molar-refractivity contribution is -0.00234. The van der Waals surface area contributed by atoms with Crippen molar-refractivity contribution < 1.29 is 19.7 Å². The Morgan fingerprint density at radius 1 is 0.364 bits per heavy atom. The number of aliphatic hydroxyl groups excluding tert-OH is 2. The van der Waals surface area contributed by atoms with Gasteiger partial charge in [-0.15, -0.1) is 0 Å². The zero-order valence-corrected chi connectivity index (χ0v) is 31.0. The molecule has 0 atom stereocenters. The molecule has 0 aromatic heterocycles. The fourth-order valence-electron chi connectivity index (χ4n) is 7.62. The molecule has 55 heavy (non-hydrogen) atoms. The fraction of sp³-hybridized carbons (Fsp3) is 0.160. The highest BCUT2D eigenvalue weighted by molar-refractivity contribution is 5.53. The van der Waals surface area contributed by atoms with E-state index in [1.807, 2.05) is 41.3 Å². The highest BCUT2D eigenvalue weighted by Gasteiger charge is 2.39. The number of nitrogens with zero attached hydrogens (tertiary/aromatic N) is 1. The molecule has 0 saturated heterocycles. The van der Waals surface area contributed by atoms with Gasteiger partial charge >= 0.3 is 0 Å². The van der Waals surface area contributed by atoms with Crippen LogP contribution in [-0.4, -0.2) is 36.5 Å². The van der Waals surface area contributed by atoms with Crippen LogP contribution in [0.2, 0.25) is 0 Å². The lowest BCUT2D eigenvalue weighted by Gasteiger charge is -2.37. The minimum Gasteiger partial charge on any atom is -0.395 e. The maximum Gasteiger partial charge on any atom is 0.144 e. The third kappa shape index (κ3) is 8.16. The average molecular weight is 726 g/mol. The normalized spacial score (nSPS) is 11.7.